The van der Waals surface area contributed by atoms with Gasteiger partial charge in [-0.3, -0.25) is 0 Å². The molecule has 0 bridgehead atoms. The van der Waals surface area contributed by atoms with E-state index in [-0.39, 0.29) is 0 Å². The molecule has 1 aromatic heterocycles. The number of thiazole rings is 1. The minimum atomic E-state index is 0.559. The van der Waals surface area contributed by atoms with Gasteiger partial charge < -0.3 is 5.32 Å². The van der Waals surface area contributed by atoms with Gasteiger partial charge in [0.2, 0.25) is 0 Å². The molecule has 1 N–H and O–H groups in total. The first-order valence-electron chi connectivity index (χ1n) is 8.07. The molecule has 0 amide bonds. The first-order valence-corrected chi connectivity index (χ1v) is 8.88. The van der Waals surface area contributed by atoms with E-state index in [1.165, 1.54) is 81.5 Å². The third-order valence-corrected chi connectivity index (χ3v) is 6.71. The SMILES string of the molecule is C1CCC(c2nc3c(s2)CC2(CCCC2)CC3)NC1. The lowest BCUT2D eigenvalue weighted by atomic mass is 9.74. The van der Waals surface area contributed by atoms with Crippen LogP contribution in [-0.2, 0) is 12.8 Å². The Hall–Kier alpha value is -0.410. The Morgan fingerprint density at radius 1 is 1.11 bits per heavy atom. The van der Waals surface area contributed by atoms with E-state index in [1.54, 1.807) is 4.88 Å². The number of piperidine rings is 1. The van der Waals surface area contributed by atoms with Gasteiger partial charge in [0.05, 0.1) is 11.7 Å². The molecule has 2 aliphatic carbocycles. The molecule has 2 nitrogen and oxygen atoms in total. The summed E-state index contributed by atoms with van der Waals surface area (Å²) in [6.07, 6.45) is 13.9. The quantitative estimate of drug-likeness (QED) is 0.838. The van der Waals surface area contributed by atoms with Crippen LogP contribution in [0, 0.1) is 5.41 Å². The molecule has 1 saturated heterocycles. The number of hydrogen-bond acceptors (Lipinski definition) is 3. The van der Waals surface area contributed by atoms with E-state index in [0.717, 1.165) is 0 Å². The van der Waals surface area contributed by atoms with E-state index in [9.17, 15) is 0 Å². The summed E-state index contributed by atoms with van der Waals surface area (Å²) in [7, 11) is 0. The highest BCUT2D eigenvalue weighted by atomic mass is 32.1. The average molecular weight is 276 g/mol. The van der Waals surface area contributed by atoms with Gasteiger partial charge >= 0.3 is 0 Å². The van der Waals surface area contributed by atoms with Crippen molar-refractivity contribution in [3.8, 4) is 0 Å². The number of nitrogens with one attached hydrogen (secondary N) is 1. The Morgan fingerprint density at radius 2 is 2.00 bits per heavy atom. The molecule has 1 spiro atoms. The van der Waals surface area contributed by atoms with Crippen molar-refractivity contribution in [2.75, 3.05) is 6.54 Å². The molecule has 0 aromatic carbocycles. The van der Waals surface area contributed by atoms with Gasteiger partial charge in [0.25, 0.3) is 0 Å². The molecule has 104 valence electrons. The van der Waals surface area contributed by atoms with Crippen LogP contribution in [0.4, 0.5) is 0 Å². The van der Waals surface area contributed by atoms with E-state index in [2.05, 4.69) is 5.32 Å². The molecule has 2 fully saturated rings. The van der Waals surface area contributed by atoms with Crippen molar-refractivity contribution in [1.82, 2.24) is 10.3 Å². The number of hydrogen-bond donors (Lipinski definition) is 1. The van der Waals surface area contributed by atoms with Crippen LogP contribution >= 0.6 is 11.3 Å². The van der Waals surface area contributed by atoms with Crippen LogP contribution in [0.25, 0.3) is 0 Å². The highest BCUT2D eigenvalue weighted by Crippen LogP contribution is 2.49. The van der Waals surface area contributed by atoms with Crippen molar-refractivity contribution in [2.45, 2.75) is 70.3 Å². The average Bonchev–Trinajstić information content (AvgIpc) is 3.07. The summed E-state index contributed by atoms with van der Waals surface area (Å²) in [5, 5.41) is 5.04. The maximum Gasteiger partial charge on any atom is 0.110 e. The fourth-order valence-corrected chi connectivity index (χ4v) is 5.71. The van der Waals surface area contributed by atoms with Crippen LogP contribution in [0.5, 0.6) is 0 Å². The molecule has 0 radical (unpaired) electrons. The van der Waals surface area contributed by atoms with Crippen LogP contribution in [0.2, 0.25) is 0 Å². The molecule has 3 heteroatoms. The standard InChI is InChI=1S/C16H24N2S/c1-4-10-17-13(5-1)15-18-12-6-9-16(7-2-3-8-16)11-14(12)19-15/h13,17H,1-11H2. The van der Waals surface area contributed by atoms with Crippen LogP contribution in [0.1, 0.15) is 73.0 Å². The van der Waals surface area contributed by atoms with Crippen molar-refractivity contribution in [2.24, 2.45) is 5.41 Å². The number of aromatic nitrogens is 1. The summed E-state index contributed by atoms with van der Waals surface area (Å²) in [4.78, 5) is 6.62. The Morgan fingerprint density at radius 3 is 2.79 bits per heavy atom. The molecule has 1 unspecified atom stereocenters. The fourth-order valence-electron chi connectivity index (χ4n) is 4.31. The van der Waals surface area contributed by atoms with Gasteiger partial charge in [-0.05, 0) is 56.9 Å². The summed E-state index contributed by atoms with van der Waals surface area (Å²) >= 11 is 2.03. The lowest BCUT2D eigenvalue weighted by molar-refractivity contribution is 0.256. The summed E-state index contributed by atoms with van der Waals surface area (Å²) in [6.45, 7) is 1.18. The lowest BCUT2D eigenvalue weighted by Crippen LogP contribution is -2.26. The number of fused-ring (bicyclic) bond motifs is 1. The maximum absolute atomic E-state index is 4.99. The molecular formula is C16H24N2S. The second-order valence-electron chi connectivity index (χ2n) is 6.81. The van der Waals surface area contributed by atoms with E-state index < -0.39 is 0 Å². The smallest absolute Gasteiger partial charge is 0.110 e. The van der Waals surface area contributed by atoms with Crippen LogP contribution in [0.15, 0.2) is 0 Å². The highest BCUT2D eigenvalue weighted by Gasteiger charge is 2.38. The van der Waals surface area contributed by atoms with Crippen LogP contribution in [-0.4, -0.2) is 11.5 Å². The van der Waals surface area contributed by atoms with Crippen LogP contribution < -0.4 is 5.32 Å². The molecule has 1 saturated carbocycles. The summed E-state index contributed by atoms with van der Waals surface area (Å²) < 4.78 is 0. The zero-order valence-corrected chi connectivity index (χ0v) is 12.5. The monoisotopic (exact) mass is 276 g/mol. The number of rotatable bonds is 1. The third-order valence-electron chi connectivity index (χ3n) is 5.50. The van der Waals surface area contributed by atoms with Crippen molar-refractivity contribution >= 4 is 11.3 Å². The normalized spacial score (nSPS) is 29.6. The van der Waals surface area contributed by atoms with E-state index in [4.69, 9.17) is 4.98 Å². The molecule has 1 aromatic rings. The largest absolute Gasteiger partial charge is 0.308 e. The fraction of sp³-hybridized carbons (Fsp3) is 0.812. The Balaban J connectivity index is 1.56. The predicted molar refractivity (Wildman–Crippen MR) is 79.6 cm³/mol. The lowest BCUT2D eigenvalue weighted by Gasteiger charge is -2.32. The van der Waals surface area contributed by atoms with Gasteiger partial charge in [-0.2, -0.15) is 0 Å². The predicted octanol–water partition coefficient (Wildman–Crippen LogP) is 4.01. The van der Waals surface area contributed by atoms with Gasteiger partial charge in [0.1, 0.15) is 5.01 Å². The molecule has 2 heterocycles. The molecular weight excluding hydrogens is 252 g/mol. The molecule has 1 atom stereocenters. The minimum Gasteiger partial charge on any atom is -0.308 e. The van der Waals surface area contributed by atoms with Crippen molar-refractivity contribution in [3.63, 3.8) is 0 Å². The first kappa shape index (κ1) is 12.3. The summed E-state index contributed by atoms with van der Waals surface area (Å²) in [5.74, 6) is 0. The first-order chi connectivity index (χ1) is 9.35. The van der Waals surface area contributed by atoms with E-state index in [0.29, 0.717) is 11.5 Å². The number of aryl methyl sites for hydroxylation is 1. The van der Waals surface area contributed by atoms with Crippen molar-refractivity contribution in [1.29, 1.82) is 0 Å². The second kappa shape index (κ2) is 4.85. The molecule has 4 rings (SSSR count). The topological polar surface area (TPSA) is 24.9 Å². The third kappa shape index (κ3) is 2.25. The zero-order valence-electron chi connectivity index (χ0n) is 11.7. The molecule has 3 aliphatic rings. The zero-order chi connectivity index (χ0) is 12.7. The molecule has 1 aliphatic heterocycles. The summed E-state index contributed by atoms with van der Waals surface area (Å²) in [6, 6.07) is 0.559. The van der Waals surface area contributed by atoms with E-state index in [1.807, 2.05) is 11.3 Å². The van der Waals surface area contributed by atoms with Gasteiger partial charge in [0, 0.05) is 4.88 Å². The molecule has 19 heavy (non-hydrogen) atoms. The Bertz CT molecular complexity index is 453. The Kier molecular flexibility index (Phi) is 3.15. The van der Waals surface area contributed by atoms with Gasteiger partial charge in [-0.1, -0.05) is 19.3 Å². The van der Waals surface area contributed by atoms with Crippen molar-refractivity contribution in [3.05, 3.63) is 15.6 Å². The second-order valence-corrected chi connectivity index (χ2v) is 7.92. The van der Waals surface area contributed by atoms with Crippen molar-refractivity contribution < 1.29 is 0 Å². The highest BCUT2D eigenvalue weighted by molar-refractivity contribution is 7.11. The Labute approximate surface area is 120 Å². The maximum atomic E-state index is 4.99. The summed E-state index contributed by atoms with van der Waals surface area (Å²) in [5.41, 5.74) is 2.13. The van der Waals surface area contributed by atoms with E-state index >= 15 is 0 Å². The van der Waals surface area contributed by atoms with Gasteiger partial charge in [0.15, 0.2) is 0 Å². The van der Waals surface area contributed by atoms with Crippen LogP contribution in [0.3, 0.4) is 0 Å². The van der Waals surface area contributed by atoms with Gasteiger partial charge in [-0.15, -0.1) is 11.3 Å². The minimum absolute atomic E-state index is 0.559. The number of nitrogens with zero attached hydrogens (tertiary/aromatic N) is 1. The van der Waals surface area contributed by atoms with Gasteiger partial charge in [-0.25, -0.2) is 4.98 Å².